The first-order valence-electron chi connectivity index (χ1n) is 18.2. The van der Waals surface area contributed by atoms with Gasteiger partial charge in [-0.25, -0.2) is 4.79 Å². The van der Waals surface area contributed by atoms with E-state index in [9.17, 15) is 4.79 Å². The second-order valence-electron chi connectivity index (χ2n) is 13.6. The van der Waals surface area contributed by atoms with E-state index in [4.69, 9.17) is 4.74 Å². The molecule has 0 amide bonds. The van der Waals surface area contributed by atoms with Crippen LogP contribution in [0.4, 0.5) is 0 Å². The summed E-state index contributed by atoms with van der Waals surface area (Å²) in [6.45, 7) is 15.6. The first-order chi connectivity index (χ1) is 19.4. The first-order valence-corrected chi connectivity index (χ1v) is 18.2. The molecule has 0 aliphatic rings. The Bertz CT molecular complexity index is 554. The molecule has 0 heterocycles. The maximum absolute atomic E-state index is 11.9. The van der Waals surface area contributed by atoms with Crippen molar-refractivity contribution in [1.82, 2.24) is 0 Å². The Morgan fingerprint density at radius 2 is 0.825 bits per heavy atom. The standard InChI is InChI=1S/C38H74O2/c1-7-9-11-21-27-35(5)29-23-17-14-13-15-19-25-31-37(33-40-38(39)34(3)4)32-26-20-16-18-24-30-36(6)28-22-12-10-8-2/h35-37H,3,7-33H2,1-2,4-6H3. The Morgan fingerprint density at radius 3 is 1.15 bits per heavy atom. The molecule has 0 bridgehead atoms. The van der Waals surface area contributed by atoms with Gasteiger partial charge in [-0.2, -0.15) is 0 Å². The van der Waals surface area contributed by atoms with Gasteiger partial charge in [0.15, 0.2) is 0 Å². The van der Waals surface area contributed by atoms with Crippen molar-refractivity contribution < 1.29 is 9.53 Å². The summed E-state index contributed by atoms with van der Waals surface area (Å²) in [5.74, 6) is 2.12. The average molecular weight is 563 g/mol. The molecular formula is C38H74O2. The monoisotopic (exact) mass is 563 g/mol. The molecule has 0 spiro atoms. The molecule has 0 fully saturated rings. The summed E-state index contributed by atoms with van der Waals surface area (Å²) < 4.78 is 5.57. The summed E-state index contributed by atoms with van der Waals surface area (Å²) in [6.07, 6.45) is 35.6. The van der Waals surface area contributed by atoms with Crippen molar-refractivity contribution in [2.45, 2.75) is 202 Å². The molecule has 0 aromatic carbocycles. The molecule has 0 aliphatic carbocycles. The minimum atomic E-state index is -0.218. The van der Waals surface area contributed by atoms with Crippen LogP contribution in [-0.2, 0) is 9.53 Å². The van der Waals surface area contributed by atoms with E-state index < -0.39 is 0 Å². The third-order valence-corrected chi connectivity index (χ3v) is 9.02. The number of hydrogen-bond acceptors (Lipinski definition) is 2. The molecule has 3 unspecified atom stereocenters. The largest absolute Gasteiger partial charge is 0.462 e. The van der Waals surface area contributed by atoms with Gasteiger partial charge in [0.1, 0.15) is 0 Å². The van der Waals surface area contributed by atoms with Crippen molar-refractivity contribution >= 4 is 5.97 Å². The number of esters is 1. The fraction of sp³-hybridized carbons (Fsp3) is 0.921. The molecule has 0 radical (unpaired) electrons. The zero-order valence-electron chi connectivity index (χ0n) is 28.3. The lowest BCUT2D eigenvalue weighted by molar-refractivity contribution is -0.140. The molecule has 0 rings (SSSR count). The second kappa shape index (κ2) is 29.7. The van der Waals surface area contributed by atoms with Crippen LogP contribution in [0.5, 0.6) is 0 Å². The number of carbonyl (C=O) groups excluding carboxylic acids is 1. The van der Waals surface area contributed by atoms with Crippen LogP contribution >= 0.6 is 0 Å². The highest BCUT2D eigenvalue weighted by atomic mass is 16.5. The van der Waals surface area contributed by atoms with Crippen molar-refractivity contribution in [3.63, 3.8) is 0 Å². The SMILES string of the molecule is C=C(C)C(=O)OCC(CCCCCCCCCC(C)CCCCCC)CCCCCCCC(C)CCCCCC. The van der Waals surface area contributed by atoms with Gasteiger partial charge in [0.25, 0.3) is 0 Å². The van der Waals surface area contributed by atoms with E-state index in [0.29, 0.717) is 18.1 Å². The van der Waals surface area contributed by atoms with Gasteiger partial charge in [0, 0.05) is 5.57 Å². The number of hydrogen-bond donors (Lipinski definition) is 0. The lowest BCUT2D eigenvalue weighted by Crippen LogP contribution is -2.15. The predicted molar refractivity (Wildman–Crippen MR) is 179 cm³/mol. The summed E-state index contributed by atoms with van der Waals surface area (Å²) in [6, 6.07) is 0. The number of unbranched alkanes of at least 4 members (excludes halogenated alkanes) is 16. The lowest BCUT2D eigenvalue weighted by Gasteiger charge is -2.17. The Hall–Kier alpha value is -0.790. The van der Waals surface area contributed by atoms with E-state index in [0.717, 1.165) is 11.8 Å². The predicted octanol–water partition coefficient (Wildman–Crippen LogP) is 13.2. The van der Waals surface area contributed by atoms with Crippen LogP contribution in [0.1, 0.15) is 202 Å². The lowest BCUT2D eigenvalue weighted by atomic mass is 9.93. The highest BCUT2D eigenvalue weighted by molar-refractivity contribution is 5.86. The summed E-state index contributed by atoms with van der Waals surface area (Å²) in [5, 5.41) is 0. The van der Waals surface area contributed by atoms with Crippen molar-refractivity contribution in [2.24, 2.45) is 17.8 Å². The molecule has 3 atom stereocenters. The summed E-state index contributed by atoms with van der Waals surface area (Å²) in [4.78, 5) is 11.9. The van der Waals surface area contributed by atoms with Crippen LogP contribution in [0.15, 0.2) is 12.2 Å². The summed E-state index contributed by atoms with van der Waals surface area (Å²) in [5.41, 5.74) is 0.518. The quantitative estimate of drug-likeness (QED) is 0.0477. The average Bonchev–Trinajstić information content (AvgIpc) is 2.94. The van der Waals surface area contributed by atoms with Crippen LogP contribution < -0.4 is 0 Å². The molecule has 238 valence electrons. The normalized spacial score (nSPS) is 13.7. The van der Waals surface area contributed by atoms with E-state index in [1.165, 1.54) is 167 Å². The minimum Gasteiger partial charge on any atom is -0.462 e. The molecule has 0 saturated heterocycles. The molecule has 0 aromatic rings. The highest BCUT2D eigenvalue weighted by Crippen LogP contribution is 2.22. The van der Waals surface area contributed by atoms with Crippen LogP contribution in [0, 0.1) is 17.8 Å². The van der Waals surface area contributed by atoms with Gasteiger partial charge >= 0.3 is 5.97 Å². The van der Waals surface area contributed by atoms with Crippen LogP contribution in [0.25, 0.3) is 0 Å². The van der Waals surface area contributed by atoms with Crippen LogP contribution in [0.2, 0.25) is 0 Å². The Balaban J connectivity index is 3.92. The van der Waals surface area contributed by atoms with Gasteiger partial charge in [0.2, 0.25) is 0 Å². The van der Waals surface area contributed by atoms with E-state index in [1.807, 2.05) is 0 Å². The van der Waals surface area contributed by atoms with E-state index >= 15 is 0 Å². The Labute approximate surface area is 253 Å². The first kappa shape index (κ1) is 39.2. The topological polar surface area (TPSA) is 26.3 Å². The highest BCUT2D eigenvalue weighted by Gasteiger charge is 2.13. The van der Waals surface area contributed by atoms with E-state index in [-0.39, 0.29) is 5.97 Å². The van der Waals surface area contributed by atoms with Crippen LogP contribution in [0.3, 0.4) is 0 Å². The van der Waals surface area contributed by atoms with Crippen molar-refractivity contribution in [3.8, 4) is 0 Å². The third kappa shape index (κ3) is 27.4. The molecule has 0 aliphatic heterocycles. The van der Waals surface area contributed by atoms with Gasteiger partial charge < -0.3 is 4.74 Å². The molecule has 0 N–H and O–H groups in total. The molecule has 0 saturated carbocycles. The maximum atomic E-state index is 11.9. The van der Waals surface area contributed by atoms with E-state index in [2.05, 4.69) is 34.3 Å². The maximum Gasteiger partial charge on any atom is 0.333 e. The number of rotatable bonds is 31. The second-order valence-corrected chi connectivity index (χ2v) is 13.6. The van der Waals surface area contributed by atoms with Crippen molar-refractivity contribution in [3.05, 3.63) is 12.2 Å². The van der Waals surface area contributed by atoms with Crippen molar-refractivity contribution in [2.75, 3.05) is 6.61 Å². The van der Waals surface area contributed by atoms with Gasteiger partial charge in [0.05, 0.1) is 6.61 Å². The van der Waals surface area contributed by atoms with Gasteiger partial charge in [-0.05, 0) is 37.5 Å². The fourth-order valence-electron chi connectivity index (χ4n) is 6.02. The molecule has 2 nitrogen and oxygen atoms in total. The molecular weight excluding hydrogens is 488 g/mol. The van der Waals surface area contributed by atoms with Crippen LogP contribution in [-0.4, -0.2) is 12.6 Å². The molecule has 40 heavy (non-hydrogen) atoms. The zero-order valence-corrected chi connectivity index (χ0v) is 28.3. The minimum absolute atomic E-state index is 0.218. The van der Waals surface area contributed by atoms with Gasteiger partial charge in [-0.1, -0.05) is 188 Å². The summed E-state index contributed by atoms with van der Waals surface area (Å²) >= 11 is 0. The molecule has 0 aromatic heterocycles. The molecule has 2 heteroatoms. The fourth-order valence-corrected chi connectivity index (χ4v) is 6.02. The zero-order chi connectivity index (χ0) is 29.7. The number of carbonyl (C=O) groups is 1. The van der Waals surface area contributed by atoms with Crippen molar-refractivity contribution in [1.29, 1.82) is 0 Å². The van der Waals surface area contributed by atoms with Gasteiger partial charge in [-0.3, -0.25) is 0 Å². The smallest absolute Gasteiger partial charge is 0.333 e. The summed E-state index contributed by atoms with van der Waals surface area (Å²) in [7, 11) is 0. The Kier molecular flexibility index (Phi) is 29.1. The number of ether oxygens (including phenoxy) is 1. The van der Waals surface area contributed by atoms with Gasteiger partial charge in [-0.15, -0.1) is 0 Å². The Morgan fingerprint density at radius 1 is 0.525 bits per heavy atom. The van der Waals surface area contributed by atoms with E-state index in [1.54, 1.807) is 6.92 Å². The third-order valence-electron chi connectivity index (χ3n) is 9.02.